The van der Waals surface area contributed by atoms with E-state index in [4.69, 9.17) is 0 Å². The summed E-state index contributed by atoms with van der Waals surface area (Å²) < 4.78 is 1.79. The molecule has 1 aromatic heterocycles. The summed E-state index contributed by atoms with van der Waals surface area (Å²) in [5, 5.41) is 14.2. The van der Waals surface area contributed by atoms with Gasteiger partial charge in [-0.2, -0.15) is 0 Å². The Hall–Kier alpha value is -2.94. The molecule has 0 saturated heterocycles. The zero-order valence-electron chi connectivity index (χ0n) is 11.4. The van der Waals surface area contributed by atoms with Crippen molar-refractivity contribution in [1.29, 1.82) is 0 Å². The fourth-order valence-electron chi connectivity index (χ4n) is 2.09. The van der Waals surface area contributed by atoms with Crippen molar-refractivity contribution in [3.05, 3.63) is 84.6 Å². The molecule has 2 aromatic carbocycles. The van der Waals surface area contributed by atoms with Crippen molar-refractivity contribution in [3.8, 4) is 17.0 Å². The Morgan fingerprint density at radius 3 is 2.33 bits per heavy atom. The van der Waals surface area contributed by atoms with Gasteiger partial charge in [-0.3, -0.25) is 0 Å². The number of hydrogen-bond donors (Lipinski definition) is 1. The van der Waals surface area contributed by atoms with Gasteiger partial charge >= 0.3 is 0 Å². The zero-order valence-corrected chi connectivity index (χ0v) is 11.4. The van der Waals surface area contributed by atoms with Crippen LogP contribution in [0.5, 0.6) is 5.75 Å². The van der Waals surface area contributed by atoms with Crippen LogP contribution >= 0.6 is 0 Å². The van der Waals surface area contributed by atoms with Crippen LogP contribution in [-0.4, -0.2) is 11.3 Å². The highest BCUT2D eigenvalue weighted by Crippen LogP contribution is 2.15. The van der Waals surface area contributed by atoms with Crippen molar-refractivity contribution in [2.45, 2.75) is 0 Å². The first-order chi connectivity index (χ1) is 10.3. The minimum absolute atomic E-state index is 0.221. The Morgan fingerprint density at radius 2 is 1.52 bits per heavy atom. The van der Waals surface area contributed by atoms with Crippen molar-refractivity contribution in [1.82, 2.24) is 0 Å². The normalized spacial score (nSPS) is 10.9. The number of aromatic hydroxyl groups is 1. The lowest BCUT2D eigenvalue weighted by Crippen LogP contribution is -2.29. The predicted octanol–water partition coefficient (Wildman–Crippen LogP) is 3.23. The predicted molar refractivity (Wildman–Crippen MR) is 83.2 cm³/mol. The Morgan fingerprint density at radius 1 is 0.810 bits per heavy atom. The van der Waals surface area contributed by atoms with Crippen LogP contribution in [0.2, 0.25) is 0 Å². The molecule has 3 rings (SSSR count). The largest absolute Gasteiger partial charge is 0.507 e. The summed E-state index contributed by atoms with van der Waals surface area (Å²) in [6.45, 7) is 0. The average molecular weight is 275 g/mol. The van der Waals surface area contributed by atoms with Crippen LogP contribution in [0.25, 0.3) is 11.3 Å². The second-order valence-corrected chi connectivity index (χ2v) is 4.60. The molecule has 0 bridgehead atoms. The standard InChI is InChI=1S/C18H14N2O/c21-18-12-5-4-10-16(18)14-19-20-13-7-6-11-17(20)15-8-2-1-3-9-15/h1-14H/p+1. The highest BCUT2D eigenvalue weighted by molar-refractivity contribution is 5.82. The summed E-state index contributed by atoms with van der Waals surface area (Å²) >= 11 is 0. The summed E-state index contributed by atoms with van der Waals surface area (Å²) in [4.78, 5) is 0. The summed E-state index contributed by atoms with van der Waals surface area (Å²) in [6, 6.07) is 23.1. The number of nitrogens with zero attached hydrogens (tertiary/aromatic N) is 2. The van der Waals surface area contributed by atoms with Gasteiger partial charge in [0.25, 0.3) is 0 Å². The van der Waals surface area contributed by atoms with Gasteiger partial charge in [-0.05, 0) is 35.4 Å². The third-order valence-electron chi connectivity index (χ3n) is 3.17. The molecule has 0 amide bonds. The first kappa shape index (κ1) is 13.1. The van der Waals surface area contributed by atoms with Gasteiger partial charge in [0.2, 0.25) is 11.9 Å². The Bertz CT molecular complexity index is 767. The zero-order chi connectivity index (χ0) is 14.5. The van der Waals surface area contributed by atoms with Gasteiger partial charge < -0.3 is 5.11 Å². The van der Waals surface area contributed by atoms with E-state index in [1.54, 1.807) is 23.0 Å². The van der Waals surface area contributed by atoms with E-state index < -0.39 is 0 Å². The fourth-order valence-corrected chi connectivity index (χ4v) is 2.09. The molecular formula is C18H15N2O+. The van der Waals surface area contributed by atoms with Gasteiger partial charge in [0.05, 0.1) is 0 Å². The Kier molecular flexibility index (Phi) is 3.74. The maximum absolute atomic E-state index is 9.77. The highest BCUT2D eigenvalue weighted by Gasteiger charge is 2.11. The summed E-state index contributed by atoms with van der Waals surface area (Å²) in [7, 11) is 0. The molecule has 0 spiro atoms. The quantitative estimate of drug-likeness (QED) is 0.578. The number of benzene rings is 2. The maximum atomic E-state index is 9.77. The molecule has 0 fully saturated rings. The smallest absolute Gasteiger partial charge is 0.245 e. The fraction of sp³-hybridized carbons (Fsp3) is 0. The maximum Gasteiger partial charge on any atom is 0.245 e. The molecule has 102 valence electrons. The number of rotatable bonds is 3. The Labute approximate surface area is 123 Å². The molecule has 1 N–H and O–H groups in total. The van der Waals surface area contributed by atoms with Crippen molar-refractivity contribution in [2.75, 3.05) is 0 Å². The first-order valence-electron chi connectivity index (χ1n) is 6.73. The molecule has 0 radical (unpaired) electrons. The van der Waals surface area contributed by atoms with Gasteiger partial charge in [0, 0.05) is 23.3 Å². The number of phenolic OH excluding ortho intramolecular Hbond substituents is 1. The summed E-state index contributed by atoms with van der Waals surface area (Å²) in [5.41, 5.74) is 2.77. The van der Waals surface area contributed by atoms with E-state index in [1.807, 2.05) is 66.9 Å². The van der Waals surface area contributed by atoms with E-state index in [-0.39, 0.29) is 5.75 Å². The summed E-state index contributed by atoms with van der Waals surface area (Å²) in [5.74, 6) is 0.221. The molecule has 21 heavy (non-hydrogen) atoms. The second kappa shape index (κ2) is 6.01. The van der Waals surface area contributed by atoms with Crippen LogP contribution in [0.3, 0.4) is 0 Å². The van der Waals surface area contributed by atoms with Crippen LogP contribution in [0.15, 0.2) is 84.1 Å². The van der Waals surface area contributed by atoms with Crippen LogP contribution in [0, 0.1) is 0 Å². The molecule has 0 aliphatic carbocycles. The molecule has 0 saturated carbocycles. The van der Waals surface area contributed by atoms with Gasteiger partial charge in [-0.15, -0.1) is 0 Å². The monoisotopic (exact) mass is 275 g/mol. The van der Waals surface area contributed by atoms with Crippen LogP contribution in [-0.2, 0) is 0 Å². The van der Waals surface area contributed by atoms with Crippen LogP contribution in [0.4, 0.5) is 0 Å². The van der Waals surface area contributed by atoms with Crippen LogP contribution < -0.4 is 4.68 Å². The molecule has 1 heterocycles. The molecule has 0 aliphatic rings. The van der Waals surface area contributed by atoms with E-state index >= 15 is 0 Å². The third kappa shape index (κ3) is 2.98. The second-order valence-electron chi connectivity index (χ2n) is 4.60. The van der Waals surface area contributed by atoms with E-state index in [1.165, 1.54) is 0 Å². The average Bonchev–Trinajstić information content (AvgIpc) is 2.55. The van der Waals surface area contributed by atoms with Crippen molar-refractivity contribution >= 4 is 6.21 Å². The number of aromatic nitrogens is 1. The lowest BCUT2D eigenvalue weighted by atomic mass is 10.1. The lowest BCUT2D eigenvalue weighted by molar-refractivity contribution is -0.667. The van der Waals surface area contributed by atoms with Gasteiger partial charge in [0.1, 0.15) is 12.0 Å². The van der Waals surface area contributed by atoms with E-state index in [0.717, 1.165) is 11.3 Å². The first-order valence-corrected chi connectivity index (χ1v) is 6.73. The van der Waals surface area contributed by atoms with Gasteiger partial charge in [-0.1, -0.05) is 35.0 Å². The molecule has 3 heteroatoms. The molecule has 3 aromatic rings. The van der Waals surface area contributed by atoms with E-state index in [0.29, 0.717) is 5.56 Å². The van der Waals surface area contributed by atoms with Crippen LogP contribution in [0.1, 0.15) is 5.56 Å². The number of para-hydroxylation sites is 1. The number of pyridine rings is 1. The third-order valence-corrected chi connectivity index (χ3v) is 3.17. The number of hydrogen-bond acceptors (Lipinski definition) is 2. The van der Waals surface area contributed by atoms with E-state index in [9.17, 15) is 5.11 Å². The van der Waals surface area contributed by atoms with Crippen molar-refractivity contribution < 1.29 is 9.78 Å². The molecule has 3 nitrogen and oxygen atoms in total. The highest BCUT2D eigenvalue weighted by atomic mass is 16.3. The summed E-state index contributed by atoms with van der Waals surface area (Å²) in [6.07, 6.45) is 3.54. The molecular weight excluding hydrogens is 260 g/mol. The van der Waals surface area contributed by atoms with E-state index in [2.05, 4.69) is 5.10 Å². The van der Waals surface area contributed by atoms with Crippen molar-refractivity contribution in [2.24, 2.45) is 5.10 Å². The lowest BCUT2D eigenvalue weighted by Gasteiger charge is -1.98. The van der Waals surface area contributed by atoms with Gasteiger partial charge in [-0.25, -0.2) is 0 Å². The molecule has 0 unspecified atom stereocenters. The number of phenols is 1. The SMILES string of the molecule is Oc1ccccc1C=N[n+]1ccccc1-c1ccccc1. The Balaban J connectivity index is 1.99. The minimum atomic E-state index is 0.221. The topological polar surface area (TPSA) is 36.5 Å². The molecule has 0 atom stereocenters. The van der Waals surface area contributed by atoms with Crippen molar-refractivity contribution in [3.63, 3.8) is 0 Å². The minimum Gasteiger partial charge on any atom is -0.507 e. The molecule has 0 aliphatic heterocycles. The van der Waals surface area contributed by atoms with Gasteiger partial charge in [0.15, 0.2) is 0 Å².